The summed E-state index contributed by atoms with van der Waals surface area (Å²) in [7, 11) is 1.56. The third-order valence-corrected chi connectivity index (χ3v) is 8.20. The van der Waals surface area contributed by atoms with Crippen LogP contribution in [-0.2, 0) is 41.5 Å². The van der Waals surface area contributed by atoms with Gasteiger partial charge in [-0.05, 0) is 62.1 Å². The van der Waals surface area contributed by atoms with Gasteiger partial charge < -0.3 is 30.6 Å². The lowest BCUT2D eigenvalue weighted by Crippen LogP contribution is -2.50. The van der Waals surface area contributed by atoms with Gasteiger partial charge in [0.25, 0.3) is 0 Å². The number of amides is 3. The van der Waals surface area contributed by atoms with Gasteiger partial charge in [-0.2, -0.15) is 0 Å². The number of carbonyl (C=O) groups excluding carboxylic acids is 5. The summed E-state index contributed by atoms with van der Waals surface area (Å²) in [5.74, 6) is -2.08. The maximum Gasteiger partial charge on any atom is 0.248 e. The second-order valence-corrected chi connectivity index (χ2v) is 11.8. The van der Waals surface area contributed by atoms with Crippen molar-refractivity contribution < 1.29 is 38.2 Å². The molecule has 0 bridgehead atoms. The van der Waals surface area contributed by atoms with E-state index >= 15 is 0 Å². The van der Waals surface area contributed by atoms with Crippen molar-refractivity contribution in [2.45, 2.75) is 50.8 Å². The quantitative estimate of drug-likeness (QED) is 0.230. The van der Waals surface area contributed by atoms with Crippen LogP contribution in [0.4, 0.5) is 0 Å². The lowest BCUT2D eigenvalue weighted by molar-refractivity contribution is -0.134. The molecular weight excluding hydrogens is 580 g/mol. The Morgan fingerprint density at radius 2 is 1.56 bits per heavy atom. The Balaban J connectivity index is 1.48. The molecule has 12 heteroatoms. The first kappa shape index (κ1) is 33.8. The molecule has 242 valence electrons. The molecule has 4 N–H and O–H groups in total. The second-order valence-electron chi connectivity index (χ2n) is 11.8. The number of epoxide rings is 1. The number of hydrogen-bond acceptors (Lipinski definition) is 9. The zero-order chi connectivity index (χ0) is 32.6. The number of benzene rings is 2. The number of nitrogens with zero attached hydrogens (tertiary/aromatic N) is 1. The largest absolute Gasteiger partial charge is 0.497 e. The van der Waals surface area contributed by atoms with E-state index in [2.05, 4.69) is 10.6 Å². The fraction of sp³-hybridized carbons (Fsp3) is 0.485. The van der Waals surface area contributed by atoms with Crippen LogP contribution in [0.1, 0.15) is 41.8 Å². The summed E-state index contributed by atoms with van der Waals surface area (Å²) in [6.45, 7) is 6.06. The SMILES string of the molecule is COc1ccc(C[C@H](CC(=O)[C@H](C)NC(=O)CN2CCOCC2)C(=O)N[C@@H](Cc2ccc(C(N)=O)cc2)C(=O)[C@@]2(C)CO2)cc1. The van der Waals surface area contributed by atoms with Gasteiger partial charge in [-0.3, -0.25) is 28.9 Å². The van der Waals surface area contributed by atoms with Gasteiger partial charge >= 0.3 is 0 Å². The molecule has 0 saturated carbocycles. The Bertz CT molecular complexity index is 1370. The van der Waals surface area contributed by atoms with E-state index < -0.39 is 35.4 Å². The number of carbonyl (C=O) groups is 5. The van der Waals surface area contributed by atoms with E-state index in [1.165, 1.54) is 0 Å². The summed E-state index contributed by atoms with van der Waals surface area (Å²) in [5.41, 5.74) is 6.19. The molecule has 2 aromatic rings. The summed E-state index contributed by atoms with van der Waals surface area (Å²) >= 11 is 0. The number of morpholine rings is 1. The van der Waals surface area contributed by atoms with Crippen molar-refractivity contribution in [2.24, 2.45) is 11.7 Å². The summed E-state index contributed by atoms with van der Waals surface area (Å²) in [4.78, 5) is 66.8. The van der Waals surface area contributed by atoms with Crippen LogP contribution in [0.25, 0.3) is 0 Å². The molecule has 2 aromatic carbocycles. The van der Waals surface area contributed by atoms with Crippen LogP contribution >= 0.6 is 0 Å². The van der Waals surface area contributed by atoms with Gasteiger partial charge in [-0.1, -0.05) is 24.3 Å². The van der Waals surface area contributed by atoms with E-state index in [1.54, 1.807) is 57.4 Å². The topological polar surface area (TPSA) is 170 Å². The highest BCUT2D eigenvalue weighted by atomic mass is 16.6. The number of methoxy groups -OCH3 is 1. The lowest BCUT2D eigenvalue weighted by atomic mass is 9.89. The van der Waals surface area contributed by atoms with E-state index in [-0.39, 0.29) is 49.9 Å². The van der Waals surface area contributed by atoms with Crippen molar-refractivity contribution in [1.29, 1.82) is 0 Å². The number of primary amides is 1. The van der Waals surface area contributed by atoms with Crippen LogP contribution < -0.4 is 21.1 Å². The molecule has 0 aliphatic carbocycles. The molecule has 3 amide bonds. The van der Waals surface area contributed by atoms with Crippen molar-refractivity contribution in [1.82, 2.24) is 15.5 Å². The molecule has 2 heterocycles. The highest BCUT2D eigenvalue weighted by molar-refractivity contribution is 5.98. The number of ether oxygens (including phenoxy) is 3. The lowest BCUT2D eigenvalue weighted by Gasteiger charge is -2.27. The predicted octanol–water partition coefficient (Wildman–Crippen LogP) is 0.834. The van der Waals surface area contributed by atoms with E-state index in [4.69, 9.17) is 19.9 Å². The zero-order valence-electron chi connectivity index (χ0n) is 26.0. The normalized spacial score (nSPS) is 19.9. The van der Waals surface area contributed by atoms with Crippen LogP contribution in [0.3, 0.4) is 0 Å². The van der Waals surface area contributed by atoms with Crippen LogP contribution in [0, 0.1) is 5.92 Å². The maximum atomic E-state index is 13.9. The van der Waals surface area contributed by atoms with Gasteiger partial charge in [0.1, 0.15) is 11.4 Å². The average molecular weight is 623 g/mol. The minimum Gasteiger partial charge on any atom is -0.497 e. The Kier molecular flexibility index (Phi) is 11.4. The number of nitrogens with one attached hydrogen (secondary N) is 2. The van der Waals surface area contributed by atoms with Crippen LogP contribution in [0.15, 0.2) is 48.5 Å². The first-order chi connectivity index (χ1) is 21.5. The van der Waals surface area contributed by atoms with Gasteiger partial charge in [0.2, 0.25) is 17.7 Å². The summed E-state index contributed by atoms with van der Waals surface area (Å²) in [6, 6.07) is 11.9. The molecule has 4 atom stereocenters. The van der Waals surface area contributed by atoms with Gasteiger partial charge in [0, 0.05) is 31.0 Å². The molecule has 0 unspecified atom stereocenters. The first-order valence-corrected chi connectivity index (χ1v) is 15.1. The van der Waals surface area contributed by atoms with Gasteiger partial charge in [-0.15, -0.1) is 0 Å². The van der Waals surface area contributed by atoms with Crippen molar-refractivity contribution in [2.75, 3.05) is 46.6 Å². The molecule has 2 saturated heterocycles. The summed E-state index contributed by atoms with van der Waals surface area (Å²) in [5, 5.41) is 5.65. The zero-order valence-corrected chi connectivity index (χ0v) is 26.0. The van der Waals surface area contributed by atoms with Gasteiger partial charge in [0.05, 0.1) is 45.6 Å². The van der Waals surface area contributed by atoms with E-state index in [9.17, 15) is 24.0 Å². The molecule has 12 nitrogen and oxygen atoms in total. The first-order valence-electron chi connectivity index (χ1n) is 15.1. The maximum absolute atomic E-state index is 13.9. The molecule has 2 fully saturated rings. The smallest absolute Gasteiger partial charge is 0.248 e. The third-order valence-electron chi connectivity index (χ3n) is 8.20. The highest BCUT2D eigenvalue weighted by Gasteiger charge is 2.50. The molecular formula is C33H42N4O8. The number of Topliss-reactive ketones (excluding diaryl/α,β-unsaturated/α-hetero) is 2. The number of nitrogens with two attached hydrogens (primary N) is 1. The fourth-order valence-electron chi connectivity index (χ4n) is 5.21. The highest BCUT2D eigenvalue weighted by Crippen LogP contribution is 2.29. The molecule has 2 aliphatic rings. The van der Waals surface area contributed by atoms with E-state index in [1.807, 2.05) is 17.0 Å². The minimum atomic E-state index is -1.01. The Morgan fingerprint density at radius 3 is 2.13 bits per heavy atom. The standard InChI is InChI=1S/C33H42N4O8/c1-21(35-29(39)19-37-12-14-44-15-13-37)28(38)18-25(16-22-6-10-26(43-3)11-7-22)32(42)36-27(30(40)33(2)20-45-33)17-23-4-8-24(9-5-23)31(34)41/h4-11,21,25,27H,12-20H2,1-3H3,(H2,34,41)(H,35,39)(H,36,42)/t21-,25+,27-,33+/m0/s1. The minimum absolute atomic E-state index is 0.153. The van der Waals surface area contributed by atoms with Crippen LogP contribution in [0.2, 0.25) is 0 Å². The van der Waals surface area contributed by atoms with Crippen LogP contribution in [0.5, 0.6) is 5.75 Å². The monoisotopic (exact) mass is 622 g/mol. The average Bonchev–Trinajstić information content (AvgIpc) is 3.79. The molecule has 45 heavy (non-hydrogen) atoms. The number of hydrogen-bond donors (Lipinski definition) is 3. The molecule has 0 spiro atoms. The Morgan fingerprint density at radius 1 is 0.956 bits per heavy atom. The Hall–Kier alpha value is -4.13. The van der Waals surface area contributed by atoms with Crippen molar-refractivity contribution in [3.8, 4) is 5.75 Å². The third kappa shape index (κ3) is 9.68. The van der Waals surface area contributed by atoms with Crippen molar-refractivity contribution >= 4 is 29.3 Å². The van der Waals surface area contributed by atoms with Gasteiger partial charge in [0.15, 0.2) is 11.6 Å². The Labute approximate surface area is 262 Å². The van der Waals surface area contributed by atoms with Crippen molar-refractivity contribution in [3.63, 3.8) is 0 Å². The fourth-order valence-corrected chi connectivity index (χ4v) is 5.21. The van der Waals surface area contributed by atoms with Crippen LogP contribution in [-0.4, -0.2) is 98.4 Å². The molecule has 0 aromatic heterocycles. The molecule has 0 radical (unpaired) electrons. The van der Waals surface area contributed by atoms with Crippen molar-refractivity contribution in [3.05, 3.63) is 65.2 Å². The number of ketones is 2. The summed E-state index contributed by atoms with van der Waals surface area (Å²) in [6.07, 6.45) is 0.219. The van der Waals surface area contributed by atoms with E-state index in [0.29, 0.717) is 43.2 Å². The van der Waals surface area contributed by atoms with E-state index in [0.717, 1.165) is 5.56 Å². The second kappa shape index (κ2) is 15.2. The summed E-state index contributed by atoms with van der Waals surface area (Å²) < 4.78 is 16.0. The molecule has 4 rings (SSSR count). The number of rotatable bonds is 16. The molecule has 2 aliphatic heterocycles. The van der Waals surface area contributed by atoms with Gasteiger partial charge in [-0.25, -0.2) is 0 Å². The predicted molar refractivity (Wildman–Crippen MR) is 165 cm³/mol.